The molecule has 158 valence electrons. The maximum atomic E-state index is 12.4. The van der Waals surface area contributed by atoms with Crippen LogP contribution >= 0.6 is 0 Å². The van der Waals surface area contributed by atoms with Crippen molar-refractivity contribution in [2.75, 3.05) is 19.6 Å². The molecule has 29 heavy (non-hydrogen) atoms. The largest absolute Gasteiger partial charge is 0.453 e. The molecule has 1 aromatic carbocycles. The lowest BCUT2D eigenvalue weighted by molar-refractivity contribution is -0.159. The van der Waals surface area contributed by atoms with Gasteiger partial charge in [0, 0.05) is 31.6 Å². The molecular weight excluding hydrogens is 394 g/mol. The number of benzene rings is 1. The Kier molecular flexibility index (Phi) is 6.89. The fraction of sp³-hybridized carbons (Fsp3) is 0.550. The highest BCUT2D eigenvalue weighted by Gasteiger charge is 2.30. The van der Waals surface area contributed by atoms with Crippen LogP contribution in [0.15, 0.2) is 34.2 Å². The number of sulfonamides is 1. The van der Waals surface area contributed by atoms with E-state index in [0.717, 1.165) is 38.8 Å². The lowest BCUT2D eigenvalue weighted by atomic mass is 10.2. The van der Waals surface area contributed by atoms with Crippen molar-refractivity contribution in [3.63, 3.8) is 0 Å². The van der Waals surface area contributed by atoms with Crippen molar-refractivity contribution in [3.05, 3.63) is 29.8 Å². The lowest BCUT2D eigenvalue weighted by Gasteiger charge is -2.23. The van der Waals surface area contributed by atoms with Crippen LogP contribution in [0.5, 0.6) is 0 Å². The van der Waals surface area contributed by atoms with Gasteiger partial charge in [-0.05, 0) is 38.3 Å². The van der Waals surface area contributed by atoms with Gasteiger partial charge in [0.2, 0.25) is 0 Å². The molecule has 0 aromatic heterocycles. The first-order valence-corrected chi connectivity index (χ1v) is 11.5. The quantitative estimate of drug-likeness (QED) is 0.557. The second-order valence-corrected chi connectivity index (χ2v) is 8.96. The summed E-state index contributed by atoms with van der Waals surface area (Å²) in [6.45, 7) is 3.32. The molecule has 1 unspecified atom stereocenters. The van der Waals surface area contributed by atoms with E-state index < -0.39 is 22.1 Å². The smallest absolute Gasteiger partial charge is 0.306 e. The molecule has 1 saturated heterocycles. The van der Waals surface area contributed by atoms with Gasteiger partial charge in [-0.15, -0.1) is 0 Å². The van der Waals surface area contributed by atoms with E-state index in [4.69, 9.17) is 4.74 Å². The van der Waals surface area contributed by atoms with E-state index in [1.54, 1.807) is 30.0 Å². The third-order valence-corrected chi connectivity index (χ3v) is 6.44. The Morgan fingerprint density at radius 3 is 2.59 bits per heavy atom. The maximum absolute atomic E-state index is 12.4. The topological polar surface area (TPSA) is 105 Å². The number of fused-ring (bicyclic) bond motifs is 1. The van der Waals surface area contributed by atoms with Gasteiger partial charge in [0.1, 0.15) is 5.84 Å². The van der Waals surface area contributed by atoms with Crippen LogP contribution in [0.1, 0.15) is 51.0 Å². The minimum Gasteiger partial charge on any atom is -0.453 e. The number of hydrogen-bond acceptors (Lipinski definition) is 6. The van der Waals surface area contributed by atoms with Gasteiger partial charge in [-0.25, -0.2) is 8.42 Å². The van der Waals surface area contributed by atoms with Gasteiger partial charge < -0.3 is 9.64 Å². The number of rotatable bonds is 6. The van der Waals surface area contributed by atoms with Gasteiger partial charge in [0.25, 0.3) is 15.9 Å². The summed E-state index contributed by atoms with van der Waals surface area (Å²) in [7, 11) is -3.56. The first-order valence-electron chi connectivity index (χ1n) is 10.0. The van der Waals surface area contributed by atoms with E-state index in [1.807, 2.05) is 0 Å². The van der Waals surface area contributed by atoms with E-state index >= 15 is 0 Å². The Balaban J connectivity index is 1.45. The minimum atomic E-state index is -3.56. The van der Waals surface area contributed by atoms with Crippen LogP contribution in [0.3, 0.4) is 0 Å². The van der Waals surface area contributed by atoms with Gasteiger partial charge in [-0.2, -0.15) is 0 Å². The molecule has 2 heterocycles. The number of ether oxygens (including phenoxy) is 1. The zero-order chi connectivity index (χ0) is 20.9. The zero-order valence-corrected chi connectivity index (χ0v) is 17.4. The normalized spacial score (nSPS) is 20.4. The highest BCUT2D eigenvalue weighted by molar-refractivity contribution is 7.90. The average molecular weight is 422 g/mol. The highest BCUT2D eigenvalue weighted by atomic mass is 32.2. The Morgan fingerprint density at radius 1 is 1.17 bits per heavy atom. The standard InChI is InChI=1S/C20H27N3O5S/c1-15(20(25)23-13-6-2-3-7-14-23)28-18(24)11-8-12-21-19-16-9-4-5-10-17(16)29(26,27)22-19/h4-5,9-10,15H,2-3,6-8,11-14H2,1H3,(H,21,22). The molecule has 1 N–H and O–H groups in total. The number of aliphatic imine (C=N–C) groups is 1. The summed E-state index contributed by atoms with van der Waals surface area (Å²) in [6, 6.07) is 6.62. The predicted octanol–water partition coefficient (Wildman–Crippen LogP) is 1.84. The molecule has 1 fully saturated rings. The third-order valence-electron chi connectivity index (χ3n) is 5.05. The molecule has 0 aliphatic carbocycles. The molecule has 9 heteroatoms. The summed E-state index contributed by atoms with van der Waals surface area (Å²) in [5.41, 5.74) is 0.534. The molecule has 1 amide bonds. The summed E-state index contributed by atoms with van der Waals surface area (Å²) < 4.78 is 31.8. The number of likely N-dealkylation sites (tertiary alicyclic amines) is 1. The monoisotopic (exact) mass is 421 g/mol. The Morgan fingerprint density at radius 2 is 1.86 bits per heavy atom. The molecule has 8 nitrogen and oxygen atoms in total. The van der Waals surface area contributed by atoms with Crippen molar-refractivity contribution in [1.29, 1.82) is 0 Å². The van der Waals surface area contributed by atoms with Gasteiger partial charge in [-0.3, -0.25) is 19.3 Å². The summed E-state index contributed by atoms with van der Waals surface area (Å²) >= 11 is 0. The van der Waals surface area contributed by atoms with Crippen LogP contribution in [-0.2, 0) is 24.3 Å². The zero-order valence-electron chi connectivity index (χ0n) is 16.6. The highest BCUT2D eigenvalue weighted by Crippen LogP contribution is 2.22. The van der Waals surface area contributed by atoms with Crippen molar-refractivity contribution in [2.24, 2.45) is 4.99 Å². The molecule has 1 atom stereocenters. The fourth-order valence-electron chi connectivity index (χ4n) is 3.52. The Labute approximate surface area is 171 Å². The molecule has 1 aromatic rings. The Hall–Kier alpha value is -2.42. The maximum Gasteiger partial charge on any atom is 0.306 e. The van der Waals surface area contributed by atoms with Crippen molar-refractivity contribution in [3.8, 4) is 0 Å². The average Bonchev–Trinajstić information content (AvgIpc) is 2.87. The van der Waals surface area contributed by atoms with E-state index in [9.17, 15) is 18.0 Å². The van der Waals surface area contributed by atoms with Crippen LogP contribution in [0.25, 0.3) is 0 Å². The second kappa shape index (κ2) is 9.39. The summed E-state index contributed by atoms with van der Waals surface area (Å²) in [5, 5.41) is 0. The molecule has 2 aliphatic rings. The number of amides is 1. The number of nitrogens with one attached hydrogen (secondary N) is 1. The van der Waals surface area contributed by atoms with Crippen LogP contribution < -0.4 is 4.72 Å². The fourth-order valence-corrected chi connectivity index (χ4v) is 4.77. The van der Waals surface area contributed by atoms with Gasteiger partial charge in [-0.1, -0.05) is 25.0 Å². The number of hydrogen-bond donors (Lipinski definition) is 1. The predicted molar refractivity (Wildman–Crippen MR) is 108 cm³/mol. The summed E-state index contributed by atoms with van der Waals surface area (Å²) in [6.07, 6.45) is 3.95. The molecule has 0 saturated carbocycles. The SMILES string of the molecule is CC(OC(=O)CCCN=C1NS(=O)(=O)c2ccccc21)C(=O)N1CCCCCC1. The van der Waals surface area contributed by atoms with E-state index in [1.165, 1.54) is 6.07 Å². The first kappa shape index (κ1) is 21.3. The molecular formula is C20H27N3O5S. The number of carbonyl (C=O) groups excluding carboxylic acids is 2. The third kappa shape index (κ3) is 5.35. The number of esters is 1. The van der Waals surface area contributed by atoms with Crippen LogP contribution in [-0.4, -0.2) is 56.8 Å². The minimum absolute atomic E-state index is 0.114. The van der Waals surface area contributed by atoms with Crippen LogP contribution in [0.2, 0.25) is 0 Å². The summed E-state index contributed by atoms with van der Waals surface area (Å²) in [5.74, 6) is -0.301. The molecule has 3 rings (SSSR count). The molecule has 0 radical (unpaired) electrons. The summed E-state index contributed by atoms with van der Waals surface area (Å²) in [4.78, 5) is 30.7. The van der Waals surface area contributed by atoms with Crippen molar-refractivity contribution in [1.82, 2.24) is 9.62 Å². The first-order chi connectivity index (χ1) is 13.9. The second-order valence-electron chi connectivity index (χ2n) is 7.31. The molecule has 0 bridgehead atoms. The lowest BCUT2D eigenvalue weighted by Crippen LogP contribution is -2.40. The van der Waals surface area contributed by atoms with Crippen LogP contribution in [0.4, 0.5) is 0 Å². The van der Waals surface area contributed by atoms with E-state index in [0.29, 0.717) is 17.8 Å². The number of carbonyl (C=O) groups is 2. The van der Waals surface area contributed by atoms with Crippen molar-refractivity contribution >= 4 is 27.7 Å². The van der Waals surface area contributed by atoms with Gasteiger partial charge >= 0.3 is 5.97 Å². The van der Waals surface area contributed by atoms with Gasteiger partial charge in [0.05, 0.1) is 4.90 Å². The van der Waals surface area contributed by atoms with E-state index in [-0.39, 0.29) is 23.8 Å². The molecule has 2 aliphatic heterocycles. The van der Waals surface area contributed by atoms with Crippen molar-refractivity contribution < 1.29 is 22.7 Å². The van der Waals surface area contributed by atoms with Gasteiger partial charge in [0.15, 0.2) is 6.10 Å². The number of amidine groups is 1. The van der Waals surface area contributed by atoms with Crippen LogP contribution in [0, 0.1) is 0 Å². The van der Waals surface area contributed by atoms with Crippen molar-refractivity contribution in [2.45, 2.75) is 56.4 Å². The van der Waals surface area contributed by atoms with E-state index in [2.05, 4.69) is 9.71 Å². The Bertz CT molecular complexity index is 889. The number of nitrogens with zero attached hydrogens (tertiary/aromatic N) is 2. The molecule has 0 spiro atoms.